The van der Waals surface area contributed by atoms with Gasteiger partial charge in [0.1, 0.15) is 52.4 Å². The van der Waals surface area contributed by atoms with Crippen LogP contribution in [0, 0.1) is 0 Å². The van der Waals surface area contributed by atoms with Crippen LogP contribution in [0.1, 0.15) is 115 Å². The predicted molar refractivity (Wildman–Crippen MR) is 362 cm³/mol. The first-order valence-electron chi connectivity index (χ1n) is 31.0. The molecule has 0 amide bonds. The molecule has 0 radical (unpaired) electrons. The number of hydrogen-bond donors (Lipinski definition) is 0. The number of benzene rings is 5. The summed E-state index contributed by atoms with van der Waals surface area (Å²) in [5.74, 6) is -3.02. The molecule has 5 aromatic rings. The maximum atomic E-state index is 16.4. The van der Waals surface area contributed by atoms with E-state index in [1.165, 1.54) is 26.4 Å². The first kappa shape index (κ1) is 75.5. The largest absolute Gasteiger partial charge is 0.497 e. The number of alkyl halides is 1. The first-order chi connectivity index (χ1) is 44.3. The van der Waals surface area contributed by atoms with Crippen LogP contribution in [0.2, 0.25) is 25.7 Å². The van der Waals surface area contributed by atoms with Gasteiger partial charge in [-0.3, -0.25) is 0 Å². The average molecular weight is 1420 g/mol. The Morgan fingerprint density at radius 1 is 0.613 bits per heavy atom. The third-order valence-electron chi connectivity index (χ3n) is 14.8. The second-order valence-corrected chi connectivity index (χ2v) is 31.2. The van der Waals surface area contributed by atoms with E-state index in [1.807, 2.05) is 62.4 Å². The van der Waals surface area contributed by atoms with Crippen LogP contribution < -0.4 is 18.9 Å². The molecule has 93 heavy (non-hydrogen) atoms. The van der Waals surface area contributed by atoms with Crippen LogP contribution in [-0.2, 0) is 60.6 Å². The van der Waals surface area contributed by atoms with E-state index in [-0.39, 0.29) is 55.3 Å². The lowest BCUT2D eigenvalue weighted by molar-refractivity contribution is -0.154. The maximum Gasteiger partial charge on any atom is 0.342 e. The van der Waals surface area contributed by atoms with Crippen molar-refractivity contribution in [1.82, 2.24) is 0 Å². The molecular weight excluding hydrogens is 1330 g/mol. The molecule has 8 atom stereocenters. The van der Waals surface area contributed by atoms with Gasteiger partial charge in [0, 0.05) is 25.7 Å². The zero-order valence-corrected chi connectivity index (χ0v) is 58.8. The van der Waals surface area contributed by atoms with Gasteiger partial charge in [-0.25, -0.2) is 23.2 Å². The van der Waals surface area contributed by atoms with E-state index in [1.54, 1.807) is 127 Å². The Hall–Kier alpha value is -6.54. The SMILES string of the molecule is COCOc1cc(OC)cc(/C=C/C[C@@H]2OC(C)(C)O[C@@H]2C(OC(=O)c2ccccc2)/C(F)=C\C[C@@H](C)OCc2ccc(OC)cc2)c1C(=O)OCC[Si](C)(C)C.COc1ccc(CO[C@H](C)C/C=C(/F)C(OC(=O)c2ccccc2)C2OC(C)(C)OC2CCI)cc1. The van der Waals surface area contributed by atoms with Gasteiger partial charge in [0.15, 0.2) is 30.6 Å². The molecule has 0 aromatic heterocycles. The fourth-order valence-electron chi connectivity index (χ4n) is 9.84. The molecule has 0 aliphatic carbocycles. The van der Waals surface area contributed by atoms with Crippen molar-refractivity contribution in [3.05, 3.63) is 185 Å². The minimum Gasteiger partial charge on any atom is -0.497 e. The molecule has 2 saturated heterocycles. The second kappa shape index (κ2) is 36.9. The number of carbonyl (C=O) groups excluding carboxylic acids is 3. The monoisotopic (exact) mass is 1420 g/mol. The van der Waals surface area contributed by atoms with Crippen molar-refractivity contribution in [2.24, 2.45) is 0 Å². The maximum absolute atomic E-state index is 16.4. The Labute approximate surface area is 561 Å². The molecule has 2 aliphatic rings. The Balaban J connectivity index is 0.000000327. The summed E-state index contributed by atoms with van der Waals surface area (Å²) < 4.78 is 113. The number of carbonyl (C=O) groups is 3. The van der Waals surface area contributed by atoms with E-state index in [4.69, 9.17) is 66.3 Å². The highest BCUT2D eigenvalue weighted by molar-refractivity contribution is 14.1. The van der Waals surface area contributed by atoms with Gasteiger partial charge in [-0.05, 0) is 157 Å². The zero-order valence-electron chi connectivity index (χ0n) is 55.6. The fraction of sp³-hybridized carbons (Fsp3) is 0.458. The summed E-state index contributed by atoms with van der Waals surface area (Å²) in [5, 5.41) is 0. The molecule has 2 heterocycles. The normalized spacial score (nSPS) is 19.1. The van der Waals surface area contributed by atoms with Gasteiger partial charge >= 0.3 is 17.9 Å². The van der Waals surface area contributed by atoms with E-state index in [0.717, 1.165) is 33.1 Å². The number of halogens is 3. The lowest BCUT2D eigenvalue weighted by atomic mass is 10.0. The summed E-state index contributed by atoms with van der Waals surface area (Å²) in [5.41, 5.74) is 3.20. The molecule has 2 fully saturated rings. The number of methoxy groups -OCH3 is 4. The molecule has 7 rings (SSSR count). The van der Waals surface area contributed by atoms with Crippen molar-refractivity contribution in [2.45, 2.75) is 167 Å². The van der Waals surface area contributed by atoms with Gasteiger partial charge < -0.3 is 66.3 Å². The summed E-state index contributed by atoms with van der Waals surface area (Å²) in [4.78, 5) is 39.8. The smallest absolute Gasteiger partial charge is 0.342 e. The Morgan fingerprint density at radius 2 is 1.08 bits per heavy atom. The van der Waals surface area contributed by atoms with Crippen LogP contribution in [0.3, 0.4) is 0 Å². The summed E-state index contributed by atoms with van der Waals surface area (Å²) in [6, 6.07) is 36.1. The molecule has 0 N–H and O–H groups in total. The number of hydrogen-bond acceptors (Lipinski definition) is 17. The summed E-state index contributed by atoms with van der Waals surface area (Å²) in [7, 11) is 4.73. The van der Waals surface area contributed by atoms with Crippen molar-refractivity contribution < 1.29 is 89.5 Å². The highest BCUT2D eigenvalue weighted by Crippen LogP contribution is 2.39. The number of esters is 3. The van der Waals surface area contributed by atoms with Gasteiger partial charge in [0.25, 0.3) is 0 Å². The molecular formula is C72H91F2IO17Si. The molecule has 0 spiro atoms. The van der Waals surface area contributed by atoms with Gasteiger partial charge in [0.2, 0.25) is 0 Å². The molecule has 5 aromatic carbocycles. The van der Waals surface area contributed by atoms with Gasteiger partial charge in [-0.1, -0.05) is 115 Å². The minimum atomic E-state index is -1.48. The van der Waals surface area contributed by atoms with Crippen LogP contribution in [0.25, 0.3) is 6.08 Å². The van der Waals surface area contributed by atoms with E-state index < -0.39 is 85.8 Å². The van der Waals surface area contributed by atoms with Crippen LogP contribution in [0.4, 0.5) is 8.78 Å². The second-order valence-electron chi connectivity index (χ2n) is 24.5. The van der Waals surface area contributed by atoms with Crippen LogP contribution in [0.5, 0.6) is 23.0 Å². The van der Waals surface area contributed by atoms with Gasteiger partial charge in [-0.2, -0.15) is 0 Å². The van der Waals surface area contributed by atoms with E-state index in [9.17, 15) is 14.4 Å². The number of rotatable bonds is 33. The minimum absolute atomic E-state index is 0.106. The van der Waals surface area contributed by atoms with Crippen molar-refractivity contribution >= 4 is 54.6 Å². The molecule has 21 heteroatoms. The number of ether oxygens (including phenoxy) is 14. The van der Waals surface area contributed by atoms with Crippen LogP contribution in [-0.4, -0.2) is 133 Å². The summed E-state index contributed by atoms with van der Waals surface area (Å²) in [6.07, 6.45) is 1.32. The molecule has 2 aliphatic heterocycles. The van der Waals surface area contributed by atoms with E-state index >= 15 is 8.78 Å². The first-order valence-corrected chi connectivity index (χ1v) is 36.2. The van der Waals surface area contributed by atoms with Crippen molar-refractivity contribution in [3.8, 4) is 23.0 Å². The van der Waals surface area contributed by atoms with E-state index in [2.05, 4.69) is 42.2 Å². The van der Waals surface area contributed by atoms with Crippen LogP contribution >= 0.6 is 22.6 Å². The molecule has 4 unspecified atom stereocenters. The highest BCUT2D eigenvalue weighted by Gasteiger charge is 2.49. The predicted octanol–water partition coefficient (Wildman–Crippen LogP) is 15.6. The Bertz CT molecular complexity index is 3210. The lowest BCUT2D eigenvalue weighted by Crippen LogP contribution is -2.39. The van der Waals surface area contributed by atoms with E-state index in [0.29, 0.717) is 42.9 Å². The Kier molecular flexibility index (Phi) is 30.0. The van der Waals surface area contributed by atoms with Crippen LogP contribution in [0.15, 0.2) is 151 Å². The van der Waals surface area contributed by atoms with Crippen molar-refractivity contribution in [1.29, 1.82) is 0 Å². The molecule has 0 saturated carbocycles. The van der Waals surface area contributed by atoms with Crippen molar-refractivity contribution in [2.75, 3.05) is 46.3 Å². The fourth-order valence-corrected chi connectivity index (χ4v) is 11.2. The quantitative estimate of drug-likeness (QED) is 0.00965. The highest BCUT2D eigenvalue weighted by atomic mass is 127. The average Bonchev–Trinajstić information content (AvgIpc) is 1.78. The summed E-state index contributed by atoms with van der Waals surface area (Å²) in [6.45, 7) is 18.2. The lowest BCUT2D eigenvalue weighted by Gasteiger charge is -2.26. The molecule has 506 valence electrons. The standard InChI is InChI=1S/C44H57FO11Si.C28H34FIO6/c1-30(52-28-31-19-21-34(49-5)22-20-31)18-23-36(45)40(54-42(46)32-14-11-10-12-15-32)41-37(55-44(2,3)56-41)17-13-16-33-26-35(50-6)27-38(53-29-48-4)39(33)43(47)51-24-25-57(7,8)9;1-19(33-18-20-11-13-22(32-4)14-12-20)10-15-23(29)25(34-27(31)21-8-6-5-7-9-21)26-24(16-17-30)35-28(2,3)36-26/h10-16,19-23,26-27,30,37,40-41H,17-18,24-25,28-29H2,1-9H3;5-9,11-15,19,24-26H,10,16-18H2,1-4H3/b16-13+,36-23+;23-15+/t30-,37+,40?,41+;19-,24?,25?,26?/m11/s1. The van der Waals surface area contributed by atoms with Gasteiger partial charge in [-0.15, -0.1) is 0 Å². The third kappa shape index (κ3) is 24.6. The third-order valence-corrected chi connectivity index (χ3v) is 17.1. The zero-order chi connectivity index (χ0) is 67.7. The molecule has 17 nitrogen and oxygen atoms in total. The Morgan fingerprint density at radius 3 is 1.52 bits per heavy atom. The van der Waals surface area contributed by atoms with Crippen molar-refractivity contribution in [3.63, 3.8) is 0 Å². The topological polar surface area (TPSA) is 180 Å². The van der Waals surface area contributed by atoms with Gasteiger partial charge in [0.05, 0.1) is 76.7 Å². The molecule has 0 bridgehead atoms. The summed E-state index contributed by atoms with van der Waals surface area (Å²) >= 11 is 2.24.